The van der Waals surface area contributed by atoms with Crippen molar-refractivity contribution in [2.24, 2.45) is 0 Å². The van der Waals surface area contributed by atoms with Crippen LogP contribution in [0.5, 0.6) is 0 Å². The third-order valence-electron chi connectivity index (χ3n) is 5.36. The van der Waals surface area contributed by atoms with Gasteiger partial charge in [0.1, 0.15) is 11.4 Å². The summed E-state index contributed by atoms with van der Waals surface area (Å²) in [7, 11) is -3.68. The lowest BCUT2D eigenvalue weighted by atomic mass is 9.88. The summed E-state index contributed by atoms with van der Waals surface area (Å²) in [4.78, 5) is 12.2. The number of rotatable bonds is 6. The molecule has 0 aromatic heterocycles. The zero-order valence-electron chi connectivity index (χ0n) is 15.9. The number of carbonyl (C=O) groups is 1. The molecule has 2 aliphatic carbocycles. The van der Waals surface area contributed by atoms with Crippen LogP contribution in [0.1, 0.15) is 58.3 Å². The molecule has 0 amide bonds. The first kappa shape index (κ1) is 19.9. The van der Waals surface area contributed by atoms with Crippen molar-refractivity contribution in [2.45, 2.75) is 74.5 Å². The van der Waals surface area contributed by atoms with Crippen LogP contribution in [0.15, 0.2) is 58.5 Å². The summed E-state index contributed by atoms with van der Waals surface area (Å²) >= 11 is 0. The van der Waals surface area contributed by atoms with E-state index in [-0.39, 0.29) is 4.90 Å². The third kappa shape index (κ3) is 4.70. The second kappa shape index (κ2) is 8.87. The molecule has 0 bridgehead atoms. The Morgan fingerprint density at radius 3 is 2.04 bits per heavy atom. The number of sulfone groups is 1. The number of allylic oxidation sites excluding steroid dienone is 2. The Bertz CT molecular complexity index is 821. The summed E-state index contributed by atoms with van der Waals surface area (Å²) in [5.74, 6) is -0.434. The molecule has 5 heteroatoms. The molecule has 0 spiro atoms. The van der Waals surface area contributed by atoms with Crippen LogP contribution in [0.25, 0.3) is 0 Å². The smallest absolute Gasteiger partial charge is 0.303 e. The van der Waals surface area contributed by atoms with Crippen molar-refractivity contribution < 1.29 is 17.9 Å². The minimum absolute atomic E-state index is 0.287. The molecule has 0 fully saturated rings. The van der Waals surface area contributed by atoms with Crippen LogP contribution in [-0.2, 0) is 19.4 Å². The van der Waals surface area contributed by atoms with Gasteiger partial charge in [0.15, 0.2) is 9.84 Å². The zero-order valence-corrected chi connectivity index (χ0v) is 16.7. The second-order valence-electron chi connectivity index (χ2n) is 7.36. The first-order valence-electron chi connectivity index (χ1n) is 9.84. The average molecular weight is 389 g/mol. The highest BCUT2D eigenvalue weighted by Crippen LogP contribution is 2.36. The minimum Gasteiger partial charge on any atom is -0.456 e. The molecule has 3 rings (SSSR count). The summed E-state index contributed by atoms with van der Waals surface area (Å²) in [5, 5.41) is -0.839. The Balaban J connectivity index is 2.10. The molecule has 0 N–H and O–H groups in total. The average Bonchev–Trinajstić information content (AvgIpc) is 2.69. The van der Waals surface area contributed by atoms with E-state index >= 15 is 0 Å². The lowest BCUT2D eigenvalue weighted by Crippen LogP contribution is -2.41. The van der Waals surface area contributed by atoms with E-state index in [2.05, 4.69) is 12.2 Å². The van der Waals surface area contributed by atoms with Crippen LogP contribution in [0.2, 0.25) is 0 Å². The van der Waals surface area contributed by atoms with Crippen molar-refractivity contribution in [3.63, 3.8) is 0 Å². The molecule has 0 aliphatic heterocycles. The molecule has 146 valence electrons. The van der Waals surface area contributed by atoms with Gasteiger partial charge < -0.3 is 4.74 Å². The number of hydrogen-bond acceptors (Lipinski definition) is 4. The SMILES string of the molecule is CC(=O)OC(C1=CCCCC1)C(C1=CCCCC1)S(=O)(=O)c1ccccc1. The Labute approximate surface area is 162 Å². The van der Waals surface area contributed by atoms with E-state index in [0.29, 0.717) is 0 Å². The Hall–Kier alpha value is -1.88. The van der Waals surface area contributed by atoms with Crippen molar-refractivity contribution in [2.75, 3.05) is 0 Å². The lowest BCUT2D eigenvalue weighted by Gasteiger charge is -2.33. The molecule has 2 aliphatic rings. The molecule has 1 aromatic rings. The van der Waals surface area contributed by atoms with E-state index in [9.17, 15) is 13.2 Å². The van der Waals surface area contributed by atoms with Crippen molar-refractivity contribution >= 4 is 15.8 Å². The van der Waals surface area contributed by atoms with Gasteiger partial charge in [0, 0.05) is 6.92 Å². The van der Waals surface area contributed by atoms with Crippen LogP contribution >= 0.6 is 0 Å². The van der Waals surface area contributed by atoms with Gasteiger partial charge in [0.2, 0.25) is 0 Å². The fourth-order valence-corrected chi connectivity index (χ4v) is 6.06. The van der Waals surface area contributed by atoms with Gasteiger partial charge in [-0.25, -0.2) is 8.42 Å². The van der Waals surface area contributed by atoms with Gasteiger partial charge in [-0.3, -0.25) is 4.79 Å². The highest BCUT2D eigenvalue weighted by Gasteiger charge is 2.41. The number of carbonyl (C=O) groups excluding carboxylic acids is 1. The first-order valence-corrected chi connectivity index (χ1v) is 11.4. The molecule has 1 aromatic carbocycles. The lowest BCUT2D eigenvalue weighted by molar-refractivity contribution is -0.144. The largest absolute Gasteiger partial charge is 0.456 e. The minimum atomic E-state index is -3.68. The number of ether oxygens (including phenoxy) is 1. The third-order valence-corrected chi connectivity index (χ3v) is 7.50. The van der Waals surface area contributed by atoms with E-state index in [4.69, 9.17) is 4.74 Å². The molecule has 4 nitrogen and oxygen atoms in total. The summed E-state index contributed by atoms with van der Waals surface area (Å²) < 4.78 is 33.0. The zero-order chi connectivity index (χ0) is 19.3. The molecule has 0 saturated heterocycles. The van der Waals surface area contributed by atoms with Crippen molar-refractivity contribution in [1.29, 1.82) is 0 Å². The Kier molecular flexibility index (Phi) is 6.53. The van der Waals surface area contributed by atoms with Gasteiger partial charge in [-0.15, -0.1) is 0 Å². The van der Waals surface area contributed by atoms with Gasteiger partial charge in [-0.1, -0.05) is 35.9 Å². The Morgan fingerprint density at radius 1 is 0.926 bits per heavy atom. The molecule has 0 saturated carbocycles. The maximum absolute atomic E-state index is 13.6. The van der Waals surface area contributed by atoms with Gasteiger partial charge in [-0.2, -0.15) is 0 Å². The van der Waals surface area contributed by atoms with Gasteiger partial charge in [-0.05, 0) is 69.1 Å². The quantitative estimate of drug-likeness (QED) is 0.521. The predicted molar refractivity (Wildman–Crippen MR) is 106 cm³/mol. The summed E-state index contributed by atoms with van der Waals surface area (Å²) in [5.41, 5.74) is 1.84. The number of esters is 1. The molecular weight excluding hydrogens is 360 g/mol. The molecular formula is C22H28O4S. The maximum atomic E-state index is 13.6. The van der Waals surface area contributed by atoms with Gasteiger partial charge >= 0.3 is 5.97 Å². The molecule has 0 radical (unpaired) electrons. The topological polar surface area (TPSA) is 60.4 Å². The van der Waals surface area contributed by atoms with E-state index in [0.717, 1.165) is 62.5 Å². The van der Waals surface area contributed by atoms with Crippen molar-refractivity contribution in [1.82, 2.24) is 0 Å². The van der Waals surface area contributed by atoms with E-state index in [1.807, 2.05) is 0 Å². The van der Waals surface area contributed by atoms with E-state index in [1.54, 1.807) is 30.3 Å². The van der Waals surface area contributed by atoms with Gasteiger partial charge in [0.05, 0.1) is 4.90 Å². The fourth-order valence-electron chi connectivity index (χ4n) is 4.07. The van der Waals surface area contributed by atoms with Crippen LogP contribution < -0.4 is 0 Å². The van der Waals surface area contributed by atoms with Crippen LogP contribution in [0.4, 0.5) is 0 Å². The molecule has 2 atom stereocenters. The number of hydrogen-bond donors (Lipinski definition) is 0. The van der Waals surface area contributed by atoms with Gasteiger partial charge in [0.25, 0.3) is 0 Å². The molecule has 0 heterocycles. The highest BCUT2D eigenvalue weighted by molar-refractivity contribution is 7.92. The molecule has 2 unspecified atom stereocenters. The summed E-state index contributed by atoms with van der Waals surface area (Å²) in [6.45, 7) is 1.36. The summed E-state index contributed by atoms with van der Waals surface area (Å²) in [6, 6.07) is 8.54. The normalized spacial score (nSPS) is 20.2. The Morgan fingerprint density at radius 2 is 1.52 bits per heavy atom. The van der Waals surface area contributed by atoms with Crippen molar-refractivity contribution in [3.05, 3.63) is 53.6 Å². The standard InChI is InChI=1S/C22H28O4S/c1-17(23)26-21(18-11-5-2-6-12-18)22(19-13-7-3-8-14-19)27(24,25)20-15-9-4-10-16-20/h4,9-11,13,15-16,21-22H,2-3,5-8,12,14H2,1H3. The highest BCUT2D eigenvalue weighted by atomic mass is 32.2. The first-order chi connectivity index (χ1) is 13.0. The molecule has 27 heavy (non-hydrogen) atoms. The predicted octanol–water partition coefficient (Wildman–Crippen LogP) is 4.76. The van der Waals surface area contributed by atoms with E-state index in [1.165, 1.54) is 6.92 Å². The number of benzene rings is 1. The second-order valence-corrected chi connectivity index (χ2v) is 9.43. The van der Waals surface area contributed by atoms with Crippen molar-refractivity contribution in [3.8, 4) is 0 Å². The monoisotopic (exact) mass is 388 g/mol. The fraction of sp³-hybridized carbons (Fsp3) is 0.500. The summed E-state index contributed by atoms with van der Waals surface area (Å²) in [6.07, 6.45) is 10.8. The van der Waals surface area contributed by atoms with Crippen LogP contribution in [0.3, 0.4) is 0 Å². The van der Waals surface area contributed by atoms with E-state index < -0.39 is 27.2 Å². The maximum Gasteiger partial charge on any atom is 0.303 e. The van der Waals surface area contributed by atoms with Crippen LogP contribution in [0, 0.1) is 0 Å². The van der Waals surface area contributed by atoms with Crippen LogP contribution in [-0.4, -0.2) is 25.7 Å².